The predicted octanol–water partition coefficient (Wildman–Crippen LogP) is 17.5. The van der Waals surface area contributed by atoms with E-state index in [0.717, 1.165) is 32.1 Å². The van der Waals surface area contributed by atoms with Gasteiger partial charge in [-0.15, -0.1) is 0 Å². The van der Waals surface area contributed by atoms with Crippen LogP contribution in [0, 0.1) is 0 Å². The summed E-state index contributed by atoms with van der Waals surface area (Å²) in [5, 5.41) is 87.6. The van der Waals surface area contributed by atoms with Crippen molar-refractivity contribution in [1.82, 2.24) is 5.32 Å². The Bertz CT molecular complexity index is 1640. The Labute approximate surface area is 564 Å². The lowest BCUT2D eigenvalue weighted by Crippen LogP contribution is -2.65. The summed E-state index contributed by atoms with van der Waals surface area (Å²) >= 11 is 0. The van der Waals surface area contributed by atoms with Gasteiger partial charge in [0.2, 0.25) is 5.91 Å². The average molecular weight is 1310 g/mol. The summed E-state index contributed by atoms with van der Waals surface area (Å²) in [6.07, 6.45) is 64.1. The highest BCUT2D eigenvalue weighted by atomic mass is 16.7. The molecule has 1 amide bonds. The second-order valence-electron chi connectivity index (χ2n) is 28.2. The molecule has 14 nitrogen and oxygen atoms in total. The van der Waals surface area contributed by atoms with Crippen molar-refractivity contribution in [3.05, 3.63) is 24.3 Å². The molecule has 0 aromatic rings. The number of unbranched alkanes of at least 4 members (excludes halogenated alkanes) is 52. The molecule has 2 aliphatic heterocycles. The first-order chi connectivity index (χ1) is 45.1. The van der Waals surface area contributed by atoms with Crippen LogP contribution in [0.4, 0.5) is 0 Å². The normalized spacial score (nSPS) is 22.7. The van der Waals surface area contributed by atoms with Crippen LogP contribution in [0.15, 0.2) is 24.3 Å². The van der Waals surface area contributed by atoms with Crippen molar-refractivity contribution in [2.75, 3.05) is 19.8 Å². The Morgan fingerprint density at radius 1 is 0.380 bits per heavy atom. The first kappa shape index (κ1) is 86.6. The second kappa shape index (κ2) is 63.0. The summed E-state index contributed by atoms with van der Waals surface area (Å²) in [5.41, 5.74) is 0. The fourth-order valence-electron chi connectivity index (χ4n) is 13.4. The highest BCUT2D eigenvalue weighted by molar-refractivity contribution is 5.76. The van der Waals surface area contributed by atoms with Crippen LogP contribution in [0.2, 0.25) is 0 Å². The maximum absolute atomic E-state index is 13.4. The molecule has 0 radical (unpaired) electrons. The van der Waals surface area contributed by atoms with E-state index in [2.05, 4.69) is 31.3 Å². The van der Waals surface area contributed by atoms with E-state index in [9.17, 15) is 45.6 Å². The molecule has 2 saturated heterocycles. The zero-order valence-electron chi connectivity index (χ0n) is 59.6. The third-order valence-corrected chi connectivity index (χ3v) is 19.6. The first-order valence-corrected chi connectivity index (χ1v) is 39.6. The summed E-state index contributed by atoms with van der Waals surface area (Å²) in [6, 6.07) is -0.930. The standard InChI is InChI=1S/C78H149NO13/c1-3-5-7-9-11-13-15-17-19-21-23-25-27-29-31-32-33-34-36-38-40-42-44-46-48-50-52-54-56-58-60-62-70(83)79-66(65-89-77-75(88)73(86)76(69(64-81)91-77)92-78-74(87)72(85)71(84)68(63-80)90-78)67(82)61-59-57-55-53-51-49-47-45-43-41-39-37-35-30-28-26-24-22-20-18-16-14-12-10-8-6-4-2/h51,53,59,61,66-69,71-78,80-82,84-88H,3-50,52,54-58,60,62-65H2,1-2H3,(H,79,83)/b53-51+,61-59+. The number of rotatable bonds is 67. The Morgan fingerprint density at radius 3 is 1.07 bits per heavy atom. The van der Waals surface area contributed by atoms with Crippen molar-refractivity contribution >= 4 is 5.91 Å². The molecule has 0 aromatic heterocycles. The highest BCUT2D eigenvalue weighted by Crippen LogP contribution is 2.30. The van der Waals surface area contributed by atoms with Crippen LogP contribution in [0.5, 0.6) is 0 Å². The van der Waals surface area contributed by atoms with Gasteiger partial charge in [0.25, 0.3) is 0 Å². The van der Waals surface area contributed by atoms with Crippen molar-refractivity contribution in [3.63, 3.8) is 0 Å². The number of hydrogen-bond acceptors (Lipinski definition) is 13. The van der Waals surface area contributed by atoms with Gasteiger partial charge in [0.05, 0.1) is 32.0 Å². The van der Waals surface area contributed by atoms with Gasteiger partial charge in [-0.2, -0.15) is 0 Å². The van der Waals surface area contributed by atoms with Gasteiger partial charge in [0, 0.05) is 6.42 Å². The number of nitrogens with one attached hydrogen (secondary N) is 1. The van der Waals surface area contributed by atoms with E-state index in [1.807, 2.05) is 6.08 Å². The number of aliphatic hydroxyl groups excluding tert-OH is 8. The maximum atomic E-state index is 13.4. The SMILES string of the molecule is CCCCCCCCCCCCCCCCCCCCCCC/C=C/CC/C=C/C(O)C(COC1OC(CO)C(OC2OC(CO)C(O)C(O)C2O)C(O)C1O)NC(=O)CCCCCCCCCCCCCCCCCCCCCCCCCCCCCCCCC. The van der Waals surface area contributed by atoms with Crippen LogP contribution in [-0.4, -0.2) is 140 Å². The van der Waals surface area contributed by atoms with E-state index in [-0.39, 0.29) is 18.9 Å². The molecular formula is C78H149NO13. The topological polar surface area (TPSA) is 228 Å². The van der Waals surface area contributed by atoms with Gasteiger partial charge in [0.1, 0.15) is 48.8 Å². The molecule has 0 bridgehead atoms. The Balaban J connectivity index is 1.63. The van der Waals surface area contributed by atoms with E-state index in [1.165, 1.54) is 308 Å². The largest absolute Gasteiger partial charge is 0.394 e. The average Bonchev–Trinajstić information content (AvgIpc) is 0.852. The van der Waals surface area contributed by atoms with Crippen LogP contribution in [0.3, 0.4) is 0 Å². The van der Waals surface area contributed by atoms with E-state index in [4.69, 9.17) is 18.9 Å². The zero-order chi connectivity index (χ0) is 66.6. The van der Waals surface area contributed by atoms with E-state index in [0.29, 0.717) is 12.8 Å². The molecule has 544 valence electrons. The van der Waals surface area contributed by atoms with Crippen LogP contribution >= 0.6 is 0 Å². The number of aliphatic hydroxyl groups is 8. The molecule has 0 spiro atoms. The number of amides is 1. The van der Waals surface area contributed by atoms with Gasteiger partial charge < -0.3 is 65.1 Å². The van der Waals surface area contributed by atoms with Gasteiger partial charge in [-0.1, -0.05) is 359 Å². The monoisotopic (exact) mass is 1310 g/mol. The molecule has 2 aliphatic rings. The molecule has 0 aliphatic carbocycles. The smallest absolute Gasteiger partial charge is 0.220 e. The van der Waals surface area contributed by atoms with Crippen LogP contribution in [0.1, 0.15) is 373 Å². The van der Waals surface area contributed by atoms with Crippen molar-refractivity contribution in [2.45, 2.75) is 447 Å². The van der Waals surface area contributed by atoms with E-state index < -0.39 is 86.8 Å². The van der Waals surface area contributed by atoms with E-state index in [1.54, 1.807) is 6.08 Å². The predicted molar refractivity (Wildman–Crippen MR) is 378 cm³/mol. The Kier molecular flexibility index (Phi) is 59.2. The molecule has 2 rings (SSSR count). The number of carbonyl (C=O) groups is 1. The maximum Gasteiger partial charge on any atom is 0.220 e. The minimum Gasteiger partial charge on any atom is -0.394 e. The summed E-state index contributed by atoms with van der Waals surface area (Å²) < 4.78 is 22.9. The van der Waals surface area contributed by atoms with Gasteiger partial charge >= 0.3 is 0 Å². The lowest BCUT2D eigenvalue weighted by Gasteiger charge is -2.46. The minimum atomic E-state index is -1.79. The van der Waals surface area contributed by atoms with Crippen molar-refractivity contribution in [1.29, 1.82) is 0 Å². The molecule has 9 N–H and O–H groups in total. The summed E-state index contributed by atoms with van der Waals surface area (Å²) in [4.78, 5) is 13.4. The fourth-order valence-corrected chi connectivity index (χ4v) is 13.4. The molecule has 14 heteroatoms. The van der Waals surface area contributed by atoms with Gasteiger partial charge in [-0.05, 0) is 32.1 Å². The number of hydrogen-bond donors (Lipinski definition) is 9. The van der Waals surface area contributed by atoms with Crippen LogP contribution < -0.4 is 5.32 Å². The van der Waals surface area contributed by atoms with E-state index >= 15 is 0 Å². The molecule has 2 fully saturated rings. The lowest BCUT2D eigenvalue weighted by molar-refractivity contribution is -0.359. The summed E-state index contributed by atoms with van der Waals surface area (Å²) in [6.45, 7) is 2.85. The fraction of sp³-hybridized carbons (Fsp3) is 0.936. The molecule has 12 atom stereocenters. The Hall–Kier alpha value is -1.53. The molecule has 0 aromatic carbocycles. The highest BCUT2D eigenvalue weighted by Gasteiger charge is 2.51. The molecule has 0 saturated carbocycles. The van der Waals surface area contributed by atoms with Crippen molar-refractivity contribution in [3.8, 4) is 0 Å². The Morgan fingerprint density at radius 2 is 0.696 bits per heavy atom. The minimum absolute atomic E-state index is 0.240. The van der Waals surface area contributed by atoms with Crippen LogP contribution in [-0.2, 0) is 23.7 Å². The number of ether oxygens (including phenoxy) is 4. The quantitative estimate of drug-likeness (QED) is 0.0204. The van der Waals surface area contributed by atoms with Gasteiger partial charge in [-0.3, -0.25) is 4.79 Å². The number of allylic oxidation sites excluding steroid dienone is 3. The zero-order valence-corrected chi connectivity index (χ0v) is 59.6. The first-order valence-electron chi connectivity index (χ1n) is 39.6. The van der Waals surface area contributed by atoms with Gasteiger partial charge in [0.15, 0.2) is 12.6 Å². The molecular weight excluding hydrogens is 1160 g/mol. The van der Waals surface area contributed by atoms with Gasteiger partial charge in [-0.25, -0.2) is 0 Å². The van der Waals surface area contributed by atoms with Crippen molar-refractivity contribution in [2.24, 2.45) is 0 Å². The summed E-state index contributed by atoms with van der Waals surface area (Å²) in [5.74, 6) is -0.240. The second-order valence-corrected chi connectivity index (χ2v) is 28.2. The lowest BCUT2D eigenvalue weighted by atomic mass is 9.97. The molecule has 2 heterocycles. The third kappa shape index (κ3) is 45.9. The van der Waals surface area contributed by atoms with Crippen LogP contribution in [0.25, 0.3) is 0 Å². The summed E-state index contributed by atoms with van der Waals surface area (Å²) in [7, 11) is 0. The molecule has 92 heavy (non-hydrogen) atoms. The third-order valence-electron chi connectivity index (χ3n) is 19.6. The number of carbonyl (C=O) groups excluding carboxylic acids is 1. The molecule has 12 unspecified atom stereocenters. The van der Waals surface area contributed by atoms with Crippen molar-refractivity contribution < 1.29 is 64.6 Å².